The molecular weight excluding hydrogens is 396 g/mol. The van der Waals surface area contributed by atoms with Crippen LogP contribution in [-0.2, 0) is 0 Å². The fourth-order valence-electron chi connectivity index (χ4n) is 4.30. The van der Waals surface area contributed by atoms with E-state index in [9.17, 15) is 5.11 Å². The third-order valence-electron chi connectivity index (χ3n) is 5.65. The summed E-state index contributed by atoms with van der Waals surface area (Å²) in [6.45, 7) is 4.66. The topological polar surface area (TPSA) is 97.5 Å². The molecule has 2 heterocycles. The van der Waals surface area contributed by atoms with E-state index in [4.69, 9.17) is 23.1 Å². The Morgan fingerprint density at radius 2 is 1.80 bits per heavy atom. The Morgan fingerprint density at radius 3 is 2.50 bits per heavy atom. The second kappa shape index (κ2) is 10.1. The van der Waals surface area contributed by atoms with Crippen LogP contribution in [0.3, 0.4) is 0 Å². The molecule has 4 rings (SSSR count). The summed E-state index contributed by atoms with van der Waals surface area (Å²) < 4.78 is 0. The lowest BCUT2D eigenvalue weighted by Gasteiger charge is -2.18. The van der Waals surface area contributed by atoms with Crippen LogP contribution in [0.5, 0.6) is 0 Å². The quantitative estimate of drug-likeness (QED) is 0.573. The Morgan fingerprint density at radius 1 is 1.10 bits per heavy atom. The van der Waals surface area contributed by atoms with Crippen molar-refractivity contribution in [1.29, 1.82) is 0 Å². The number of hydrogen-bond donors (Lipinski definition) is 3. The first-order valence-corrected chi connectivity index (χ1v) is 11.2. The highest BCUT2D eigenvalue weighted by atomic mass is 35.5. The van der Waals surface area contributed by atoms with E-state index in [1.165, 1.54) is 12.8 Å². The summed E-state index contributed by atoms with van der Waals surface area (Å²) in [5, 5.41) is 10.4. The van der Waals surface area contributed by atoms with Crippen LogP contribution in [0.4, 0.5) is 11.5 Å². The number of halogens is 1. The molecule has 2 aromatic rings. The minimum Gasteiger partial charge on any atom is -0.399 e. The average molecular weight is 427 g/mol. The highest BCUT2D eigenvalue weighted by Crippen LogP contribution is 2.43. The minimum atomic E-state index is -0.0427. The van der Waals surface area contributed by atoms with Crippen LogP contribution in [0.15, 0.2) is 41.0 Å². The molecule has 0 amide bonds. The summed E-state index contributed by atoms with van der Waals surface area (Å²) in [5.74, 6) is 0.888. The maximum atomic E-state index is 9.69. The Balaban J connectivity index is 0.00000124. The van der Waals surface area contributed by atoms with Gasteiger partial charge in [-0.05, 0) is 54.5 Å². The molecule has 1 fully saturated rings. The maximum Gasteiger partial charge on any atom is 0.128 e. The van der Waals surface area contributed by atoms with Gasteiger partial charge in [-0.1, -0.05) is 44.4 Å². The highest BCUT2D eigenvalue weighted by molar-refractivity contribution is 6.34. The molecule has 0 atom stereocenters. The summed E-state index contributed by atoms with van der Waals surface area (Å²) in [6, 6.07) is 5.79. The van der Waals surface area contributed by atoms with E-state index in [2.05, 4.69) is 9.98 Å². The van der Waals surface area contributed by atoms with Crippen LogP contribution in [0, 0.1) is 0 Å². The van der Waals surface area contributed by atoms with Gasteiger partial charge in [0.1, 0.15) is 5.82 Å². The Bertz CT molecular complexity index is 962. The molecule has 5 N–H and O–H groups in total. The van der Waals surface area contributed by atoms with Gasteiger partial charge >= 0.3 is 0 Å². The number of anilines is 2. The Labute approximate surface area is 183 Å². The number of pyridine rings is 1. The number of hydrogen-bond acceptors (Lipinski definition) is 5. The predicted octanol–water partition coefficient (Wildman–Crippen LogP) is 5.36. The fourth-order valence-corrected chi connectivity index (χ4v) is 4.70. The molecule has 0 bridgehead atoms. The molecule has 6 heteroatoms. The van der Waals surface area contributed by atoms with Gasteiger partial charge in [-0.2, -0.15) is 0 Å². The molecule has 1 aliphatic heterocycles. The number of nitrogens with two attached hydrogens (primary N) is 2. The summed E-state index contributed by atoms with van der Waals surface area (Å²) in [6.07, 6.45) is 9.18. The highest BCUT2D eigenvalue weighted by Gasteiger charge is 2.25. The number of aromatic nitrogens is 1. The number of nitrogens with zero attached hydrogens (tertiary/aromatic N) is 2. The van der Waals surface area contributed by atoms with Crippen molar-refractivity contribution < 1.29 is 5.11 Å². The molecular formula is C24H31ClN4O. The number of nitrogen functional groups attached to an aromatic ring is 2. The van der Waals surface area contributed by atoms with Gasteiger partial charge in [0.2, 0.25) is 0 Å². The summed E-state index contributed by atoms with van der Waals surface area (Å²) >= 11 is 6.83. The lowest BCUT2D eigenvalue weighted by atomic mass is 9.92. The summed E-state index contributed by atoms with van der Waals surface area (Å²) in [7, 11) is 0. The second-order valence-electron chi connectivity index (χ2n) is 7.52. The zero-order valence-electron chi connectivity index (χ0n) is 17.8. The molecule has 2 aliphatic rings. The van der Waals surface area contributed by atoms with Crippen LogP contribution in [0.2, 0.25) is 5.02 Å². The zero-order chi connectivity index (χ0) is 21.7. The van der Waals surface area contributed by atoms with Crippen molar-refractivity contribution in [3.05, 3.63) is 52.2 Å². The molecule has 160 valence electrons. The first-order chi connectivity index (χ1) is 14.6. The van der Waals surface area contributed by atoms with Gasteiger partial charge in [0.25, 0.3) is 0 Å². The van der Waals surface area contributed by atoms with Crippen molar-refractivity contribution >= 4 is 28.8 Å². The summed E-state index contributed by atoms with van der Waals surface area (Å²) in [5.41, 5.74) is 18.2. The van der Waals surface area contributed by atoms with Crippen LogP contribution < -0.4 is 11.5 Å². The number of dihydropyridines is 1. The number of aliphatic hydroxyl groups excluding tert-OH is 1. The van der Waals surface area contributed by atoms with Gasteiger partial charge in [-0.3, -0.25) is 4.99 Å². The van der Waals surface area contributed by atoms with Gasteiger partial charge < -0.3 is 16.6 Å². The van der Waals surface area contributed by atoms with E-state index in [-0.39, 0.29) is 6.61 Å². The molecule has 0 unspecified atom stereocenters. The van der Waals surface area contributed by atoms with Crippen molar-refractivity contribution in [3.8, 4) is 11.1 Å². The van der Waals surface area contributed by atoms with Crippen molar-refractivity contribution in [2.24, 2.45) is 4.99 Å². The first-order valence-electron chi connectivity index (χ1n) is 10.8. The molecule has 1 aliphatic carbocycles. The number of rotatable bonds is 4. The van der Waals surface area contributed by atoms with Gasteiger partial charge in [-0.15, -0.1) is 0 Å². The van der Waals surface area contributed by atoms with Gasteiger partial charge in [-0.25, -0.2) is 4.98 Å². The lowest BCUT2D eigenvalue weighted by Crippen LogP contribution is -2.13. The van der Waals surface area contributed by atoms with E-state index >= 15 is 0 Å². The largest absolute Gasteiger partial charge is 0.399 e. The molecule has 1 saturated carbocycles. The standard InChI is InChI=1S/C22H25ClN4O.C2H6/c23-20-18(11-27-22(25)19(20)13-4-1-2-5-13)15-8-16(10-17(24)9-15)21-14(12-28)6-3-7-26-21;1-2/h6,8-11,13,28H,1-5,7,12,24H2,(H2,25,27);1-2H3. The summed E-state index contributed by atoms with van der Waals surface area (Å²) in [4.78, 5) is 9.04. The van der Waals surface area contributed by atoms with Crippen molar-refractivity contribution in [1.82, 2.24) is 4.98 Å². The Hall–Kier alpha value is -2.37. The van der Waals surface area contributed by atoms with Crippen molar-refractivity contribution in [2.75, 3.05) is 24.6 Å². The molecule has 0 saturated heterocycles. The van der Waals surface area contributed by atoms with Crippen molar-refractivity contribution in [3.63, 3.8) is 0 Å². The van der Waals surface area contributed by atoms with E-state index in [0.29, 0.717) is 29.0 Å². The van der Waals surface area contributed by atoms with Crippen LogP contribution in [-0.4, -0.2) is 29.0 Å². The van der Waals surface area contributed by atoms with E-state index in [1.807, 2.05) is 38.1 Å². The molecule has 1 aromatic carbocycles. The molecule has 0 radical (unpaired) electrons. The predicted molar refractivity (Wildman–Crippen MR) is 127 cm³/mol. The average Bonchev–Trinajstić information content (AvgIpc) is 3.29. The second-order valence-corrected chi connectivity index (χ2v) is 7.89. The molecule has 5 nitrogen and oxygen atoms in total. The molecule has 30 heavy (non-hydrogen) atoms. The monoisotopic (exact) mass is 426 g/mol. The Kier molecular flexibility index (Phi) is 7.51. The third-order valence-corrected chi connectivity index (χ3v) is 6.06. The molecule has 1 aromatic heterocycles. The normalized spacial score (nSPS) is 16.5. The van der Waals surface area contributed by atoms with Crippen LogP contribution >= 0.6 is 11.6 Å². The molecule has 0 spiro atoms. The fraction of sp³-hybridized carbons (Fsp3) is 0.417. The number of aliphatic hydroxyl groups is 1. The van der Waals surface area contributed by atoms with E-state index in [1.54, 1.807) is 6.20 Å². The first kappa shape index (κ1) is 22.3. The number of aliphatic imine (C=N–C) groups is 1. The van der Waals surface area contributed by atoms with E-state index in [0.717, 1.165) is 52.8 Å². The van der Waals surface area contributed by atoms with E-state index < -0.39 is 0 Å². The zero-order valence-corrected chi connectivity index (χ0v) is 18.5. The smallest absolute Gasteiger partial charge is 0.128 e. The van der Waals surface area contributed by atoms with Gasteiger partial charge in [0.05, 0.1) is 17.3 Å². The maximum absolute atomic E-state index is 9.69. The van der Waals surface area contributed by atoms with Crippen molar-refractivity contribution in [2.45, 2.75) is 51.9 Å². The minimum absolute atomic E-state index is 0.0427. The third kappa shape index (κ3) is 4.52. The van der Waals surface area contributed by atoms with Gasteiger partial charge in [0, 0.05) is 35.1 Å². The van der Waals surface area contributed by atoms with Crippen LogP contribution in [0.25, 0.3) is 11.1 Å². The van der Waals surface area contributed by atoms with Gasteiger partial charge in [0.15, 0.2) is 0 Å². The van der Waals surface area contributed by atoms with Crippen LogP contribution in [0.1, 0.15) is 63.0 Å². The lowest BCUT2D eigenvalue weighted by molar-refractivity contribution is 0.336. The number of benzene rings is 1. The SMILES string of the molecule is CC.Nc1cc(C2=NCCC=C2CO)cc(-c2cnc(N)c(C3CCCC3)c2Cl)c1.